The average molecular weight is 225 g/mol. The number of ketones is 1. The van der Waals surface area contributed by atoms with E-state index in [1.54, 1.807) is 0 Å². The molecule has 0 aliphatic heterocycles. The van der Waals surface area contributed by atoms with Gasteiger partial charge in [-0.2, -0.15) is 0 Å². The number of allylic oxidation sites excluding steroid dienone is 4. The van der Waals surface area contributed by atoms with E-state index in [0.29, 0.717) is 26.1 Å². The average Bonchev–Trinajstić information content (AvgIpc) is 2.79. The van der Waals surface area contributed by atoms with Crippen LogP contribution in [0.15, 0.2) is 24.3 Å². The quantitative estimate of drug-likeness (QED) is 0.609. The van der Waals surface area contributed by atoms with Crippen molar-refractivity contribution in [1.29, 1.82) is 0 Å². The second-order valence-electron chi connectivity index (χ2n) is 3.80. The zero-order valence-corrected chi connectivity index (χ0v) is 9.38. The molecule has 0 radical (unpaired) electrons. The van der Waals surface area contributed by atoms with Gasteiger partial charge in [0, 0.05) is 26.1 Å². The molecule has 90 valence electrons. The zero-order chi connectivity index (χ0) is 11.8. The Kier molecular flexibility index (Phi) is 6.00. The van der Waals surface area contributed by atoms with Crippen LogP contribution in [0.25, 0.3) is 0 Å². The number of hydrogen-bond acceptors (Lipinski definition) is 4. The van der Waals surface area contributed by atoms with Crippen LogP contribution >= 0.6 is 0 Å². The monoisotopic (exact) mass is 225 g/mol. The van der Waals surface area contributed by atoms with Crippen LogP contribution in [0.5, 0.6) is 0 Å². The van der Waals surface area contributed by atoms with Gasteiger partial charge in [0.2, 0.25) is 0 Å². The Morgan fingerprint density at radius 2 is 1.62 bits per heavy atom. The smallest absolute Gasteiger partial charge is 0.144 e. The third-order valence-corrected chi connectivity index (χ3v) is 2.63. The summed E-state index contributed by atoms with van der Waals surface area (Å²) in [6.07, 6.45) is 7.97. The van der Waals surface area contributed by atoms with E-state index >= 15 is 0 Å². The van der Waals surface area contributed by atoms with E-state index in [4.69, 9.17) is 10.2 Å². The van der Waals surface area contributed by atoms with Crippen molar-refractivity contribution in [3.8, 4) is 0 Å². The highest BCUT2D eigenvalue weighted by atomic mass is 16.3. The van der Waals surface area contributed by atoms with Crippen LogP contribution in [0.3, 0.4) is 0 Å². The first-order valence-corrected chi connectivity index (χ1v) is 5.59. The van der Waals surface area contributed by atoms with Crippen molar-refractivity contribution in [2.75, 3.05) is 32.8 Å². The molecule has 0 amide bonds. The SMILES string of the molecule is O=C(CCN(CCO)CCO)C1C=CC=C1. The second-order valence-corrected chi connectivity index (χ2v) is 3.80. The summed E-state index contributed by atoms with van der Waals surface area (Å²) >= 11 is 0. The Morgan fingerprint density at radius 1 is 1.06 bits per heavy atom. The van der Waals surface area contributed by atoms with Crippen molar-refractivity contribution in [2.45, 2.75) is 6.42 Å². The number of carbonyl (C=O) groups excluding carboxylic acids is 1. The Balaban J connectivity index is 2.27. The molecule has 0 bridgehead atoms. The van der Waals surface area contributed by atoms with Gasteiger partial charge in [-0.1, -0.05) is 24.3 Å². The molecule has 0 aromatic rings. The van der Waals surface area contributed by atoms with Crippen molar-refractivity contribution in [3.05, 3.63) is 24.3 Å². The van der Waals surface area contributed by atoms with Crippen LogP contribution < -0.4 is 0 Å². The number of nitrogens with zero attached hydrogens (tertiary/aromatic N) is 1. The van der Waals surface area contributed by atoms with Crippen molar-refractivity contribution >= 4 is 5.78 Å². The summed E-state index contributed by atoms with van der Waals surface area (Å²) in [4.78, 5) is 13.6. The van der Waals surface area contributed by atoms with Gasteiger partial charge in [-0.05, 0) is 0 Å². The van der Waals surface area contributed by atoms with E-state index in [1.165, 1.54) is 0 Å². The van der Waals surface area contributed by atoms with Gasteiger partial charge in [0.05, 0.1) is 19.1 Å². The van der Waals surface area contributed by atoms with E-state index in [1.807, 2.05) is 29.2 Å². The van der Waals surface area contributed by atoms with Gasteiger partial charge in [-0.25, -0.2) is 0 Å². The fourth-order valence-electron chi connectivity index (χ4n) is 1.70. The Bertz CT molecular complexity index is 255. The molecule has 1 aliphatic carbocycles. The van der Waals surface area contributed by atoms with E-state index in [-0.39, 0.29) is 24.9 Å². The lowest BCUT2D eigenvalue weighted by atomic mass is 10.0. The summed E-state index contributed by atoms with van der Waals surface area (Å²) in [6, 6.07) is 0. The van der Waals surface area contributed by atoms with Crippen molar-refractivity contribution in [3.63, 3.8) is 0 Å². The molecular weight excluding hydrogens is 206 g/mol. The Hall–Kier alpha value is -0.970. The fourth-order valence-corrected chi connectivity index (χ4v) is 1.70. The van der Waals surface area contributed by atoms with E-state index < -0.39 is 0 Å². The number of carbonyl (C=O) groups is 1. The highest BCUT2D eigenvalue weighted by Gasteiger charge is 2.15. The lowest BCUT2D eigenvalue weighted by molar-refractivity contribution is -0.120. The Labute approximate surface area is 95.9 Å². The predicted octanol–water partition coefficient (Wildman–Crippen LogP) is -0.0256. The molecule has 1 aliphatic rings. The van der Waals surface area contributed by atoms with E-state index in [0.717, 1.165) is 0 Å². The molecule has 4 nitrogen and oxygen atoms in total. The normalized spacial score (nSPS) is 15.2. The molecule has 16 heavy (non-hydrogen) atoms. The first kappa shape index (κ1) is 13.1. The van der Waals surface area contributed by atoms with E-state index in [2.05, 4.69) is 0 Å². The van der Waals surface area contributed by atoms with Gasteiger partial charge in [-0.3, -0.25) is 9.69 Å². The minimum absolute atomic E-state index is 0.0530. The maximum absolute atomic E-state index is 11.7. The largest absolute Gasteiger partial charge is 0.395 e. The van der Waals surface area contributed by atoms with Crippen molar-refractivity contribution < 1.29 is 15.0 Å². The highest BCUT2D eigenvalue weighted by Crippen LogP contribution is 2.12. The van der Waals surface area contributed by atoms with Crippen LogP contribution in [-0.2, 0) is 4.79 Å². The highest BCUT2D eigenvalue weighted by molar-refractivity contribution is 5.85. The molecule has 0 saturated heterocycles. The molecule has 0 saturated carbocycles. The lowest BCUT2D eigenvalue weighted by Crippen LogP contribution is -2.32. The van der Waals surface area contributed by atoms with Crippen molar-refractivity contribution in [2.24, 2.45) is 5.92 Å². The Morgan fingerprint density at radius 3 is 2.12 bits per heavy atom. The summed E-state index contributed by atoms with van der Waals surface area (Å²) in [5, 5.41) is 17.6. The number of aliphatic hydroxyl groups excluding tert-OH is 2. The summed E-state index contributed by atoms with van der Waals surface area (Å²) in [7, 11) is 0. The van der Waals surface area contributed by atoms with Crippen LogP contribution in [0.4, 0.5) is 0 Å². The lowest BCUT2D eigenvalue weighted by Gasteiger charge is -2.19. The first-order valence-electron chi connectivity index (χ1n) is 5.59. The second kappa shape index (κ2) is 7.33. The first-order chi connectivity index (χ1) is 7.77. The summed E-state index contributed by atoms with van der Waals surface area (Å²) in [5.74, 6) is 0.107. The van der Waals surface area contributed by atoms with Gasteiger partial charge in [-0.15, -0.1) is 0 Å². The minimum Gasteiger partial charge on any atom is -0.395 e. The molecule has 2 N–H and O–H groups in total. The molecule has 0 fully saturated rings. The molecule has 0 aromatic heterocycles. The van der Waals surface area contributed by atoms with Gasteiger partial charge in [0.15, 0.2) is 0 Å². The molecule has 1 rings (SSSR count). The number of hydrogen-bond donors (Lipinski definition) is 2. The van der Waals surface area contributed by atoms with Crippen LogP contribution in [0, 0.1) is 5.92 Å². The zero-order valence-electron chi connectivity index (χ0n) is 9.38. The van der Waals surface area contributed by atoms with Gasteiger partial charge >= 0.3 is 0 Å². The topological polar surface area (TPSA) is 60.8 Å². The van der Waals surface area contributed by atoms with Crippen LogP contribution in [0.2, 0.25) is 0 Å². The molecule has 4 heteroatoms. The third-order valence-electron chi connectivity index (χ3n) is 2.63. The van der Waals surface area contributed by atoms with Crippen molar-refractivity contribution in [1.82, 2.24) is 4.90 Å². The molecular formula is C12H19NO3. The third kappa shape index (κ3) is 4.26. The summed E-state index contributed by atoms with van der Waals surface area (Å²) in [6.45, 7) is 1.71. The molecule has 0 spiro atoms. The minimum atomic E-state index is -0.0786. The number of aliphatic hydroxyl groups is 2. The number of Topliss-reactive ketones (excluding diaryl/α,β-unsaturated/α-hetero) is 1. The predicted molar refractivity (Wildman–Crippen MR) is 62.0 cm³/mol. The van der Waals surface area contributed by atoms with Gasteiger partial charge < -0.3 is 10.2 Å². The maximum atomic E-state index is 11.7. The molecule has 0 aromatic carbocycles. The van der Waals surface area contributed by atoms with Crippen LogP contribution in [0.1, 0.15) is 6.42 Å². The molecule has 0 atom stereocenters. The molecule has 0 heterocycles. The van der Waals surface area contributed by atoms with Gasteiger partial charge in [0.1, 0.15) is 5.78 Å². The maximum Gasteiger partial charge on any atom is 0.144 e. The fraction of sp³-hybridized carbons (Fsp3) is 0.583. The standard InChI is InChI=1S/C12H19NO3/c14-9-7-13(8-10-15)6-5-12(16)11-3-1-2-4-11/h1-4,11,14-15H,5-10H2. The van der Waals surface area contributed by atoms with Gasteiger partial charge in [0.25, 0.3) is 0 Å². The number of rotatable bonds is 8. The summed E-state index contributed by atoms with van der Waals surface area (Å²) in [5.41, 5.74) is 0. The molecule has 0 unspecified atom stereocenters. The van der Waals surface area contributed by atoms with E-state index in [9.17, 15) is 4.79 Å². The summed E-state index contributed by atoms with van der Waals surface area (Å²) < 4.78 is 0. The van der Waals surface area contributed by atoms with Crippen LogP contribution in [-0.4, -0.2) is 53.7 Å².